The van der Waals surface area contributed by atoms with Gasteiger partial charge in [0.15, 0.2) is 5.76 Å². The quantitative estimate of drug-likeness (QED) is 0.853. The Morgan fingerprint density at radius 2 is 2.37 bits per heavy atom. The van der Waals surface area contributed by atoms with Gasteiger partial charge in [0.2, 0.25) is 0 Å². The number of aliphatic hydroxyl groups is 1. The number of ether oxygens (including phenoxy) is 2. The highest BCUT2D eigenvalue weighted by molar-refractivity contribution is 5.05. The first kappa shape index (κ1) is 14.5. The Bertz CT molecular complexity index is 405. The molecular weight excluding hydrogens is 248 g/mol. The highest BCUT2D eigenvalue weighted by atomic mass is 16.5. The number of nitrogens with zero attached hydrogens (tertiary/aromatic N) is 2. The summed E-state index contributed by atoms with van der Waals surface area (Å²) in [5.74, 6) is 0.726. The van der Waals surface area contributed by atoms with Crippen LogP contribution in [0.3, 0.4) is 0 Å². The minimum atomic E-state index is -0.259. The zero-order chi connectivity index (χ0) is 13.9. The third-order valence-corrected chi connectivity index (χ3v) is 3.04. The lowest BCUT2D eigenvalue weighted by Crippen LogP contribution is -2.53. The van der Waals surface area contributed by atoms with Gasteiger partial charge in [0.25, 0.3) is 0 Å². The molecular formula is C13H22N2O4. The molecule has 1 saturated heterocycles. The Labute approximate surface area is 113 Å². The van der Waals surface area contributed by atoms with Crippen LogP contribution in [0.2, 0.25) is 0 Å². The first-order chi connectivity index (χ1) is 9.02. The molecule has 0 aromatic carbocycles. The summed E-state index contributed by atoms with van der Waals surface area (Å²) in [5, 5.41) is 13.3. The summed E-state index contributed by atoms with van der Waals surface area (Å²) in [7, 11) is 1.62. The summed E-state index contributed by atoms with van der Waals surface area (Å²) in [6.45, 7) is 6.72. The van der Waals surface area contributed by atoms with Gasteiger partial charge in [0, 0.05) is 32.8 Å². The number of morpholine rings is 1. The lowest BCUT2D eigenvalue weighted by atomic mass is 10.1. The van der Waals surface area contributed by atoms with E-state index in [0.29, 0.717) is 19.7 Å². The lowest BCUT2D eigenvalue weighted by Gasteiger charge is -2.42. The third-order valence-electron chi connectivity index (χ3n) is 3.04. The molecule has 1 unspecified atom stereocenters. The maximum atomic E-state index is 9.28. The summed E-state index contributed by atoms with van der Waals surface area (Å²) in [6, 6.07) is 1.90. The van der Waals surface area contributed by atoms with E-state index in [4.69, 9.17) is 14.0 Å². The minimum Gasteiger partial charge on any atom is -0.394 e. The number of aromatic nitrogens is 1. The van der Waals surface area contributed by atoms with Gasteiger partial charge in [-0.25, -0.2) is 0 Å². The fraction of sp³-hybridized carbons (Fsp3) is 0.769. The van der Waals surface area contributed by atoms with E-state index in [1.165, 1.54) is 0 Å². The normalized spacial score (nSPS) is 23.7. The molecule has 6 heteroatoms. The van der Waals surface area contributed by atoms with Crippen LogP contribution in [0.25, 0.3) is 0 Å². The molecule has 19 heavy (non-hydrogen) atoms. The first-order valence-electron chi connectivity index (χ1n) is 6.47. The molecule has 1 N–H and O–H groups in total. The molecule has 1 aromatic rings. The second-order valence-electron chi connectivity index (χ2n) is 5.57. The van der Waals surface area contributed by atoms with Gasteiger partial charge < -0.3 is 19.1 Å². The second kappa shape index (κ2) is 6.00. The average molecular weight is 270 g/mol. The van der Waals surface area contributed by atoms with Crippen LogP contribution in [0, 0.1) is 0 Å². The zero-order valence-corrected chi connectivity index (χ0v) is 11.8. The van der Waals surface area contributed by atoms with Gasteiger partial charge in [-0.3, -0.25) is 4.90 Å². The minimum absolute atomic E-state index is 0.0354. The van der Waals surface area contributed by atoms with Crippen LogP contribution in [0.5, 0.6) is 0 Å². The fourth-order valence-corrected chi connectivity index (χ4v) is 2.50. The van der Waals surface area contributed by atoms with Crippen LogP contribution in [0.15, 0.2) is 10.6 Å². The Morgan fingerprint density at radius 3 is 3.05 bits per heavy atom. The van der Waals surface area contributed by atoms with Gasteiger partial charge in [-0.15, -0.1) is 0 Å². The SMILES string of the molecule is COCc1cc(CN2CC(CO)OC(C)(C)C2)no1. The second-order valence-corrected chi connectivity index (χ2v) is 5.57. The molecule has 0 amide bonds. The van der Waals surface area contributed by atoms with Crippen molar-refractivity contribution in [2.45, 2.75) is 38.7 Å². The molecule has 1 aromatic heterocycles. The highest BCUT2D eigenvalue weighted by Crippen LogP contribution is 2.22. The van der Waals surface area contributed by atoms with Crippen molar-refractivity contribution < 1.29 is 19.1 Å². The van der Waals surface area contributed by atoms with Crippen molar-refractivity contribution >= 4 is 0 Å². The van der Waals surface area contributed by atoms with Gasteiger partial charge >= 0.3 is 0 Å². The predicted molar refractivity (Wildman–Crippen MR) is 68.5 cm³/mol. The Hall–Kier alpha value is -0.950. The predicted octanol–water partition coefficient (Wildman–Crippen LogP) is 0.793. The van der Waals surface area contributed by atoms with Crippen molar-refractivity contribution in [3.8, 4) is 0 Å². The van der Waals surface area contributed by atoms with Gasteiger partial charge in [-0.05, 0) is 13.8 Å². The van der Waals surface area contributed by atoms with Crippen LogP contribution in [0.1, 0.15) is 25.3 Å². The molecule has 1 aliphatic heterocycles. The molecule has 2 heterocycles. The van der Waals surface area contributed by atoms with Gasteiger partial charge in [-0.1, -0.05) is 5.16 Å². The average Bonchev–Trinajstić information content (AvgIpc) is 2.75. The number of aliphatic hydroxyl groups excluding tert-OH is 1. The molecule has 1 aliphatic rings. The molecule has 0 aliphatic carbocycles. The van der Waals surface area contributed by atoms with Crippen LogP contribution in [0.4, 0.5) is 0 Å². The van der Waals surface area contributed by atoms with Gasteiger partial charge in [0.1, 0.15) is 6.61 Å². The maximum Gasteiger partial charge on any atom is 0.162 e. The van der Waals surface area contributed by atoms with Crippen molar-refractivity contribution in [1.29, 1.82) is 0 Å². The smallest absolute Gasteiger partial charge is 0.162 e. The molecule has 0 saturated carbocycles. The molecule has 0 bridgehead atoms. The number of methoxy groups -OCH3 is 1. The van der Waals surface area contributed by atoms with E-state index in [1.807, 2.05) is 19.9 Å². The molecule has 108 valence electrons. The summed E-state index contributed by atoms with van der Waals surface area (Å²) in [5.41, 5.74) is 0.617. The van der Waals surface area contributed by atoms with Crippen molar-refractivity contribution in [2.75, 3.05) is 26.8 Å². The van der Waals surface area contributed by atoms with E-state index in [-0.39, 0.29) is 18.3 Å². The molecule has 0 spiro atoms. The Morgan fingerprint density at radius 1 is 1.58 bits per heavy atom. The molecule has 1 fully saturated rings. The summed E-state index contributed by atoms with van der Waals surface area (Å²) in [6.07, 6.45) is -0.144. The number of rotatable bonds is 5. The zero-order valence-electron chi connectivity index (χ0n) is 11.8. The molecule has 0 radical (unpaired) electrons. The van der Waals surface area contributed by atoms with Gasteiger partial charge in [-0.2, -0.15) is 0 Å². The van der Waals surface area contributed by atoms with Crippen LogP contribution < -0.4 is 0 Å². The largest absolute Gasteiger partial charge is 0.394 e. The van der Waals surface area contributed by atoms with E-state index in [9.17, 15) is 5.11 Å². The molecule has 1 atom stereocenters. The number of hydrogen-bond acceptors (Lipinski definition) is 6. The van der Waals surface area contributed by atoms with Crippen molar-refractivity contribution in [3.63, 3.8) is 0 Å². The monoisotopic (exact) mass is 270 g/mol. The van der Waals surface area contributed by atoms with E-state index < -0.39 is 0 Å². The summed E-state index contributed by atoms with van der Waals surface area (Å²) in [4.78, 5) is 2.22. The van der Waals surface area contributed by atoms with E-state index in [0.717, 1.165) is 18.0 Å². The van der Waals surface area contributed by atoms with Crippen LogP contribution >= 0.6 is 0 Å². The van der Waals surface area contributed by atoms with E-state index in [2.05, 4.69) is 10.1 Å². The van der Waals surface area contributed by atoms with Crippen molar-refractivity contribution in [1.82, 2.24) is 10.1 Å². The van der Waals surface area contributed by atoms with E-state index in [1.54, 1.807) is 7.11 Å². The fourth-order valence-electron chi connectivity index (χ4n) is 2.50. The topological polar surface area (TPSA) is 68.0 Å². The van der Waals surface area contributed by atoms with Crippen LogP contribution in [-0.4, -0.2) is 53.7 Å². The Kier molecular flexibility index (Phi) is 4.57. The first-order valence-corrected chi connectivity index (χ1v) is 6.47. The van der Waals surface area contributed by atoms with Crippen LogP contribution in [-0.2, 0) is 22.6 Å². The number of hydrogen-bond donors (Lipinski definition) is 1. The van der Waals surface area contributed by atoms with Gasteiger partial charge in [0.05, 0.1) is 24.0 Å². The molecule has 2 rings (SSSR count). The molecule has 6 nitrogen and oxygen atoms in total. The van der Waals surface area contributed by atoms with Crippen molar-refractivity contribution in [3.05, 3.63) is 17.5 Å². The third kappa shape index (κ3) is 4.01. The van der Waals surface area contributed by atoms with E-state index >= 15 is 0 Å². The lowest BCUT2D eigenvalue weighted by molar-refractivity contribution is -0.150. The standard InChI is InChI=1S/C13H22N2O4/c1-13(2)9-15(6-12(7-16)18-13)5-10-4-11(8-17-3)19-14-10/h4,12,16H,5-9H2,1-3H3. The maximum absolute atomic E-state index is 9.28. The summed E-state index contributed by atoms with van der Waals surface area (Å²) < 4.78 is 15.9. The van der Waals surface area contributed by atoms with Crippen molar-refractivity contribution in [2.24, 2.45) is 0 Å². The Balaban J connectivity index is 1.96. The highest BCUT2D eigenvalue weighted by Gasteiger charge is 2.33. The summed E-state index contributed by atoms with van der Waals surface area (Å²) >= 11 is 0.